The average Bonchev–Trinajstić information content (AvgIpc) is 2.99. The second-order valence-electron chi connectivity index (χ2n) is 5.12. The smallest absolute Gasteiger partial charge is 0.141 e. The number of benzene rings is 1. The highest BCUT2D eigenvalue weighted by Gasteiger charge is 2.22. The van der Waals surface area contributed by atoms with Crippen molar-refractivity contribution in [2.24, 2.45) is 0 Å². The lowest BCUT2D eigenvalue weighted by molar-refractivity contribution is 0.943. The lowest BCUT2D eigenvalue weighted by Gasteiger charge is -2.16. The molecule has 0 fully saturated rings. The van der Waals surface area contributed by atoms with E-state index in [1.165, 1.54) is 16.7 Å². The monoisotopic (exact) mass is 272 g/mol. The van der Waals surface area contributed by atoms with E-state index in [4.69, 9.17) is 5.26 Å². The van der Waals surface area contributed by atoms with Crippen molar-refractivity contribution in [3.8, 4) is 28.6 Å². The molecule has 3 aromatic rings. The minimum absolute atomic E-state index is 0.417. The predicted octanol–water partition coefficient (Wildman–Crippen LogP) is 3.11. The van der Waals surface area contributed by atoms with Crippen LogP contribution in [0.1, 0.15) is 16.8 Å². The number of nitrogens with zero attached hydrogens (tertiary/aromatic N) is 3. The molecule has 4 heteroatoms. The van der Waals surface area contributed by atoms with Gasteiger partial charge in [-0.25, -0.2) is 4.98 Å². The Hall–Kier alpha value is -2.93. The van der Waals surface area contributed by atoms with Crippen LogP contribution in [0.2, 0.25) is 0 Å². The van der Waals surface area contributed by atoms with Gasteiger partial charge in [0, 0.05) is 22.9 Å². The third-order valence-corrected chi connectivity index (χ3v) is 3.95. The molecule has 2 aromatic heterocycles. The van der Waals surface area contributed by atoms with Crippen molar-refractivity contribution in [2.75, 3.05) is 0 Å². The van der Waals surface area contributed by atoms with Gasteiger partial charge in [-0.05, 0) is 30.5 Å². The molecule has 1 N–H and O–H groups in total. The topological polar surface area (TPSA) is 65.4 Å². The lowest BCUT2D eigenvalue weighted by Crippen LogP contribution is -2.03. The van der Waals surface area contributed by atoms with Gasteiger partial charge in [0.15, 0.2) is 0 Å². The van der Waals surface area contributed by atoms with Crippen LogP contribution < -0.4 is 0 Å². The summed E-state index contributed by atoms with van der Waals surface area (Å²) in [6.45, 7) is 0. The molecular weight excluding hydrogens is 260 g/mol. The Kier molecular flexibility index (Phi) is 2.58. The Balaban J connectivity index is 1.88. The third-order valence-electron chi connectivity index (χ3n) is 3.95. The highest BCUT2D eigenvalue weighted by molar-refractivity contribution is 5.77. The summed E-state index contributed by atoms with van der Waals surface area (Å²) < 4.78 is 0. The predicted molar refractivity (Wildman–Crippen MR) is 79.4 cm³/mol. The van der Waals surface area contributed by atoms with Crippen LogP contribution in [0.3, 0.4) is 0 Å². The van der Waals surface area contributed by atoms with E-state index >= 15 is 0 Å². The minimum atomic E-state index is 0.417. The molecule has 1 aromatic carbocycles. The summed E-state index contributed by atoms with van der Waals surface area (Å²) in [6.07, 6.45) is 3.64. The van der Waals surface area contributed by atoms with Crippen molar-refractivity contribution in [3.63, 3.8) is 0 Å². The Bertz CT molecular complexity index is 870. The van der Waals surface area contributed by atoms with E-state index in [1.54, 1.807) is 12.3 Å². The molecule has 1 aliphatic carbocycles. The molecule has 0 saturated heterocycles. The molecule has 0 atom stereocenters. The lowest BCUT2D eigenvalue weighted by atomic mass is 9.88. The van der Waals surface area contributed by atoms with Crippen LogP contribution in [-0.2, 0) is 12.8 Å². The third kappa shape index (κ3) is 1.83. The van der Waals surface area contributed by atoms with Crippen molar-refractivity contribution in [2.45, 2.75) is 12.8 Å². The number of nitriles is 1. The van der Waals surface area contributed by atoms with Crippen LogP contribution in [-0.4, -0.2) is 15.2 Å². The number of hydrogen-bond acceptors (Lipinski definition) is 3. The zero-order valence-corrected chi connectivity index (χ0v) is 11.3. The summed E-state index contributed by atoms with van der Waals surface area (Å²) in [5.74, 6) is 0. The zero-order chi connectivity index (χ0) is 14.2. The average molecular weight is 272 g/mol. The van der Waals surface area contributed by atoms with Gasteiger partial charge in [0.2, 0.25) is 0 Å². The van der Waals surface area contributed by atoms with Crippen molar-refractivity contribution in [1.82, 2.24) is 15.2 Å². The number of nitrogens with one attached hydrogen (secondary N) is 1. The molecule has 100 valence electrons. The van der Waals surface area contributed by atoms with E-state index in [-0.39, 0.29) is 0 Å². The van der Waals surface area contributed by atoms with Crippen LogP contribution in [0.15, 0.2) is 42.6 Å². The quantitative estimate of drug-likeness (QED) is 0.740. The van der Waals surface area contributed by atoms with Crippen molar-refractivity contribution < 1.29 is 0 Å². The van der Waals surface area contributed by atoms with Crippen LogP contribution in [0, 0.1) is 11.3 Å². The van der Waals surface area contributed by atoms with Gasteiger partial charge in [0.05, 0.1) is 11.4 Å². The number of fused-ring (bicyclic) bond motifs is 3. The van der Waals surface area contributed by atoms with Gasteiger partial charge in [-0.2, -0.15) is 10.4 Å². The van der Waals surface area contributed by atoms with Crippen LogP contribution in [0.4, 0.5) is 0 Å². The minimum Gasteiger partial charge on any atom is -0.277 e. The summed E-state index contributed by atoms with van der Waals surface area (Å²) in [5, 5.41) is 16.6. The number of aromatic nitrogens is 3. The summed E-state index contributed by atoms with van der Waals surface area (Å²) in [4.78, 5) is 4.02. The van der Waals surface area contributed by atoms with E-state index in [0.717, 1.165) is 29.8 Å². The van der Waals surface area contributed by atoms with Crippen LogP contribution in [0.25, 0.3) is 22.5 Å². The first kappa shape index (κ1) is 11.9. The summed E-state index contributed by atoms with van der Waals surface area (Å²) in [6, 6.07) is 14.2. The van der Waals surface area contributed by atoms with Gasteiger partial charge < -0.3 is 0 Å². The van der Waals surface area contributed by atoms with Gasteiger partial charge in [0.25, 0.3) is 0 Å². The molecule has 0 amide bonds. The summed E-state index contributed by atoms with van der Waals surface area (Å²) in [5.41, 5.74) is 7.20. The molecule has 21 heavy (non-hydrogen) atoms. The highest BCUT2D eigenvalue weighted by Crippen LogP contribution is 2.36. The maximum atomic E-state index is 8.99. The fourth-order valence-electron chi connectivity index (χ4n) is 2.95. The van der Waals surface area contributed by atoms with E-state index in [9.17, 15) is 0 Å². The standard InChI is InChI=1S/C17H12N4/c18-10-13-9-12(7-8-19-13)16-15-6-5-11-3-1-2-4-14(11)17(15)21-20-16/h1-4,7-9H,5-6H2,(H,20,21). The first-order chi connectivity index (χ1) is 10.4. The first-order valence-electron chi connectivity index (χ1n) is 6.89. The summed E-state index contributed by atoms with van der Waals surface area (Å²) >= 11 is 0. The highest BCUT2D eigenvalue weighted by atomic mass is 15.1. The summed E-state index contributed by atoms with van der Waals surface area (Å²) in [7, 11) is 0. The molecular formula is C17H12N4. The Morgan fingerprint density at radius 3 is 2.95 bits per heavy atom. The fraction of sp³-hybridized carbons (Fsp3) is 0.118. The zero-order valence-electron chi connectivity index (χ0n) is 11.3. The molecule has 2 heterocycles. The molecule has 0 aliphatic heterocycles. The van der Waals surface area contributed by atoms with E-state index in [1.807, 2.05) is 6.07 Å². The van der Waals surface area contributed by atoms with Gasteiger partial charge in [0.1, 0.15) is 11.8 Å². The number of aromatic amines is 1. The van der Waals surface area contributed by atoms with Crippen LogP contribution >= 0.6 is 0 Å². The van der Waals surface area contributed by atoms with Gasteiger partial charge in [-0.1, -0.05) is 24.3 Å². The van der Waals surface area contributed by atoms with Gasteiger partial charge in [-0.15, -0.1) is 0 Å². The second kappa shape index (κ2) is 4.57. The molecule has 0 radical (unpaired) electrons. The maximum Gasteiger partial charge on any atom is 0.141 e. The van der Waals surface area contributed by atoms with Crippen LogP contribution in [0.5, 0.6) is 0 Å². The molecule has 4 rings (SSSR count). The molecule has 0 bridgehead atoms. The number of H-pyrrole nitrogens is 1. The maximum absolute atomic E-state index is 8.99. The molecule has 4 nitrogen and oxygen atoms in total. The molecule has 0 spiro atoms. The van der Waals surface area contributed by atoms with E-state index < -0.39 is 0 Å². The Morgan fingerprint density at radius 1 is 1.14 bits per heavy atom. The number of aryl methyl sites for hydroxylation is 1. The number of rotatable bonds is 1. The largest absolute Gasteiger partial charge is 0.277 e. The SMILES string of the molecule is N#Cc1cc(-c2n[nH]c3c2CCc2ccccc2-3)ccn1. The second-order valence-corrected chi connectivity index (χ2v) is 5.12. The van der Waals surface area contributed by atoms with E-state index in [2.05, 4.69) is 45.5 Å². The molecule has 0 unspecified atom stereocenters. The van der Waals surface area contributed by atoms with Crippen molar-refractivity contribution in [1.29, 1.82) is 5.26 Å². The number of pyridine rings is 1. The van der Waals surface area contributed by atoms with Crippen molar-refractivity contribution >= 4 is 0 Å². The van der Waals surface area contributed by atoms with Crippen molar-refractivity contribution in [3.05, 3.63) is 59.4 Å². The molecule has 0 saturated carbocycles. The first-order valence-corrected chi connectivity index (χ1v) is 6.89. The number of hydrogen-bond donors (Lipinski definition) is 1. The normalized spacial score (nSPS) is 12.3. The molecule has 1 aliphatic rings. The van der Waals surface area contributed by atoms with Gasteiger partial charge >= 0.3 is 0 Å². The van der Waals surface area contributed by atoms with Gasteiger partial charge in [-0.3, -0.25) is 5.10 Å². The Morgan fingerprint density at radius 2 is 2.05 bits per heavy atom. The Labute approximate surface area is 122 Å². The van der Waals surface area contributed by atoms with E-state index in [0.29, 0.717) is 5.69 Å². The fourth-order valence-corrected chi connectivity index (χ4v) is 2.95.